The van der Waals surface area contributed by atoms with Crippen LogP contribution >= 0.6 is 0 Å². The minimum absolute atomic E-state index is 0.152. The van der Waals surface area contributed by atoms with E-state index in [1.165, 1.54) is 24.1 Å². The second-order valence-electron chi connectivity index (χ2n) is 7.70. The third kappa shape index (κ3) is 2.76. The topological polar surface area (TPSA) is 75.6 Å². The predicted octanol–water partition coefficient (Wildman–Crippen LogP) is 3.91. The summed E-state index contributed by atoms with van der Waals surface area (Å²) in [5.41, 5.74) is 4.74. The van der Waals surface area contributed by atoms with E-state index in [-0.39, 0.29) is 11.9 Å². The Bertz CT molecular complexity index is 968. The van der Waals surface area contributed by atoms with E-state index in [0.29, 0.717) is 17.3 Å². The number of anilines is 1. The number of rotatable bonds is 5. The van der Waals surface area contributed by atoms with Gasteiger partial charge in [0.05, 0.1) is 17.9 Å². The number of carbonyl (C=O) groups is 1. The van der Waals surface area contributed by atoms with E-state index in [0.717, 1.165) is 24.3 Å². The highest BCUT2D eigenvalue weighted by atomic mass is 16.2. The van der Waals surface area contributed by atoms with Gasteiger partial charge in [0.1, 0.15) is 0 Å². The van der Waals surface area contributed by atoms with Gasteiger partial charge < -0.3 is 5.32 Å². The maximum absolute atomic E-state index is 12.8. The quantitative estimate of drug-likeness (QED) is 0.723. The summed E-state index contributed by atoms with van der Waals surface area (Å²) in [6, 6.07) is 10.5. The van der Waals surface area contributed by atoms with Crippen molar-refractivity contribution in [2.45, 2.75) is 44.6 Å². The minimum Gasteiger partial charge on any atom is -0.318 e. The molecule has 1 amide bonds. The molecule has 1 fully saturated rings. The summed E-state index contributed by atoms with van der Waals surface area (Å²) in [6.45, 7) is 2.14. The number of aromatic nitrogens is 4. The van der Waals surface area contributed by atoms with Gasteiger partial charge in [0.2, 0.25) is 0 Å². The second-order valence-corrected chi connectivity index (χ2v) is 7.70. The molecule has 0 saturated heterocycles. The third-order valence-electron chi connectivity index (χ3n) is 6.00. The molecule has 1 atom stereocenters. The van der Waals surface area contributed by atoms with Crippen molar-refractivity contribution in [3.63, 3.8) is 0 Å². The standard InChI is InChI=1S/C21H23N5O/c1-2-18(14-6-4-3-5-7-14)26-12-16(11-22-26)23-21(27)20-17-10-13-8-15(9-13)19(17)24-25-20/h3-7,11-13,15,18H,2,8-10H2,1H3,(H,23,27)(H,24,25)/t13?,15?,18-/m0/s1. The van der Waals surface area contributed by atoms with Crippen LogP contribution in [0.2, 0.25) is 0 Å². The number of aromatic amines is 1. The number of nitrogens with zero attached hydrogens (tertiary/aromatic N) is 3. The molecule has 3 aliphatic carbocycles. The Labute approximate surface area is 158 Å². The molecule has 0 radical (unpaired) electrons. The van der Waals surface area contributed by atoms with E-state index in [1.807, 2.05) is 29.1 Å². The zero-order chi connectivity index (χ0) is 18.4. The number of nitrogens with one attached hydrogen (secondary N) is 2. The molecular weight excluding hydrogens is 338 g/mol. The molecule has 2 bridgehead atoms. The van der Waals surface area contributed by atoms with Gasteiger partial charge in [-0.1, -0.05) is 37.3 Å². The lowest BCUT2D eigenvalue weighted by molar-refractivity contribution is 0.102. The molecule has 1 aromatic carbocycles. The van der Waals surface area contributed by atoms with Crippen molar-refractivity contribution in [1.29, 1.82) is 0 Å². The Morgan fingerprint density at radius 3 is 2.93 bits per heavy atom. The van der Waals surface area contributed by atoms with Crippen molar-refractivity contribution >= 4 is 11.6 Å². The molecular formula is C21H23N5O. The fourth-order valence-corrected chi connectivity index (χ4v) is 4.55. The molecule has 2 N–H and O–H groups in total. The first-order valence-electron chi connectivity index (χ1n) is 9.70. The normalized spacial score (nSPS) is 21.2. The highest BCUT2D eigenvalue weighted by Gasteiger charge is 2.40. The Balaban J connectivity index is 1.34. The molecule has 3 aromatic rings. The van der Waals surface area contributed by atoms with Crippen molar-refractivity contribution in [2.75, 3.05) is 5.32 Å². The molecule has 0 spiro atoms. The van der Waals surface area contributed by atoms with Gasteiger partial charge in [0.15, 0.2) is 5.69 Å². The van der Waals surface area contributed by atoms with E-state index in [9.17, 15) is 4.79 Å². The van der Waals surface area contributed by atoms with Crippen LogP contribution < -0.4 is 5.32 Å². The number of hydrogen-bond acceptors (Lipinski definition) is 3. The maximum Gasteiger partial charge on any atom is 0.276 e. The first-order valence-corrected chi connectivity index (χ1v) is 9.70. The van der Waals surface area contributed by atoms with Crippen LogP contribution in [0, 0.1) is 5.92 Å². The summed E-state index contributed by atoms with van der Waals surface area (Å²) in [6.07, 6.45) is 7.97. The summed E-state index contributed by atoms with van der Waals surface area (Å²) >= 11 is 0. The molecule has 3 aliphatic rings. The second kappa shape index (κ2) is 6.37. The van der Waals surface area contributed by atoms with Crippen molar-refractivity contribution < 1.29 is 4.79 Å². The smallest absolute Gasteiger partial charge is 0.276 e. The van der Waals surface area contributed by atoms with Crippen molar-refractivity contribution in [3.05, 3.63) is 65.2 Å². The average molecular weight is 361 g/mol. The molecule has 2 aromatic heterocycles. The van der Waals surface area contributed by atoms with E-state index >= 15 is 0 Å². The van der Waals surface area contributed by atoms with Gasteiger partial charge in [-0.2, -0.15) is 10.2 Å². The van der Waals surface area contributed by atoms with Gasteiger partial charge in [-0.25, -0.2) is 0 Å². The Kier molecular flexibility index (Phi) is 3.85. The molecule has 27 heavy (non-hydrogen) atoms. The van der Waals surface area contributed by atoms with Crippen LogP contribution in [0.25, 0.3) is 0 Å². The van der Waals surface area contributed by atoms with E-state index < -0.39 is 0 Å². The van der Waals surface area contributed by atoms with Crippen LogP contribution in [0.4, 0.5) is 5.69 Å². The average Bonchev–Trinajstić information content (AvgIpc) is 3.29. The fraction of sp³-hybridized carbons (Fsp3) is 0.381. The number of amides is 1. The molecule has 2 heterocycles. The van der Waals surface area contributed by atoms with Gasteiger partial charge in [0, 0.05) is 23.4 Å². The largest absolute Gasteiger partial charge is 0.318 e. The van der Waals surface area contributed by atoms with Gasteiger partial charge >= 0.3 is 0 Å². The zero-order valence-corrected chi connectivity index (χ0v) is 15.4. The summed E-state index contributed by atoms with van der Waals surface area (Å²) < 4.78 is 1.92. The Hall–Kier alpha value is -2.89. The van der Waals surface area contributed by atoms with Gasteiger partial charge in [-0.05, 0) is 37.2 Å². The first kappa shape index (κ1) is 16.3. The summed E-state index contributed by atoms with van der Waals surface area (Å²) in [4.78, 5) is 12.8. The summed E-state index contributed by atoms with van der Waals surface area (Å²) in [5.74, 6) is 1.15. The van der Waals surface area contributed by atoms with Gasteiger partial charge in [0.25, 0.3) is 5.91 Å². The lowest BCUT2D eigenvalue weighted by Crippen LogP contribution is -2.31. The van der Waals surface area contributed by atoms with Crippen molar-refractivity contribution in [1.82, 2.24) is 20.0 Å². The lowest BCUT2D eigenvalue weighted by atomic mass is 9.64. The third-order valence-corrected chi connectivity index (χ3v) is 6.00. The summed E-state index contributed by atoms with van der Waals surface area (Å²) in [7, 11) is 0. The lowest BCUT2D eigenvalue weighted by Gasteiger charge is -2.40. The van der Waals surface area contributed by atoms with Gasteiger partial charge in [-0.3, -0.25) is 14.6 Å². The van der Waals surface area contributed by atoms with E-state index in [4.69, 9.17) is 0 Å². The van der Waals surface area contributed by atoms with Crippen LogP contribution in [0.3, 0.4) is 0 Å². The first-order chi connectivity index (χ1) is 13.2. The Morgan fingerprint density at radius 1 is 1.33 bits per heavy atom. The molecule has 1 saturated carbocycles. The number of H-pyrrole nitrogens is 1. The highest BCUT2D eigenvalue weighted by Crippen LogP contribution is 2.49. The van der Waals surface area contributed by atoms with Crippen LogP contribution in [-0.4, -0.2) is 25.9 Å². The Morgan fingerprint density at radius 2 is 2.15 bits per heavy atom. The highest BCUT2D eigenvalue weighted by molar-refractivity contribution is 6.04. The molecule has 138 valence electrons. The molecule has 6 nitrogen and oxygen atoms in total. The fourth-order valence-electron chi connectivity index (χ4n) is 4.55. The maximum atomic E-state index is 12.8. The van der Waals surface area contributed by atoms with Crippen molar-refractivity contribution in [3.8, 4) is 0 Å². The monoisotopic (exact) mass is 361 g/mol. The van der Waals surface area contributed by atoms with E-state index in [1.54, 1.807) is 6.20 Å². The molecule has 0 unspecified atom stereocenters. The van der Waals surface area contributed by atoms with Crippen molar-refractivity contribution in [2.24, 2.45) is 5.92 Å². The molecule has 6 heteroatoms. The van der Waals surface area contributed by atoms with Crippen LogP contribution in [0.1, 0.15) is 65.5 Å². The summed E-state index contributed by atoms with van der Waals surface area (Å²) in [5, 5.41) is 14.9. The zero-order valence-electron chi connectivity index (χ0n) is 15.4. The van der Waals surface area contributed by atoms with Crippen LogP contribution in [0.15, 0.2) is 42.7 Å². The van der Waals surface area contributed by atoms with Crippen LogP contribution in [-0.2, 0) is 6.42 Å². The molecule has 6 rings (SSSR count). The van der Waals surface area contributed by atoms with E-state index in [2.05, 4.69) is 39.7 Å². The minimum atomic E-state index is -0.152. The number of hydrogen-bond donors (Lipinski definition) is 2. The number of carbonyl (C=O) groups excluding carboxylic acids is 1. The number of benzene rings is 1. The molecule has 0 aliphatic heterocycles. The van der Waals surface area contributed by atoms with Crippen LogP contribution in [0.5, 0.6) is 0 Å². The van der Waals surface area contributed by atoms with Gasteiger partial charge in [-0.15, -0.1) is 0 Å². The predicted molar refractivity (Wildman–Crippen MR) is 103 cm³/mol. The SMILES string of the molecule is CC[C@@H](c1ccccc1)n1cc(NC(=O)c2n[nH]c3c2CC2CC3C2)cn1.